The van der Waals surface area contributed by atoms with Crippen molar-refractivity contribution in [1.82, 2.24) is 0 Å². The van der Waals surface area contributed by atoms with E-state index >= 15 is 0 Å². The summed E-state index contributed by atoms with van der Waals surface area (Å²) in [6.07, 6.45) is 1.93. The van der Waals surface area contributed by atoms with Crippen molar-refractivity contribution < 1.29 is 4.74 Å². The van der Waals surface area contributed by atoms with Crippen molar-refractivity contribution in [2.24, 2.45) is 5.73 Å². The Morgan fingerprint density at radius 3 is 2.44 bits per heavy atom. The normalized spacial score (nSPS) is 11.8. The number of nitrogens with two attached hydrogens (primary N) is 1. The van der Waals surface area contributed by atoms with Crippen LogP contribution in [0.4, 0.5) is 0 Å². The van der Waals surface area contributed by atoms with Gasteiger partial charge >= 0.3 is 0 Å². The lowest BCUT2D eigenvalue weighted by atomic mass is 9.97. The first-order valence-electron chi connectivity index (χ1n) is 6.05. The molecule has 1 rings (SSSR count). The second-order valence-corrected chi connectivity index (χ2v) is 4.37. The van der Waals surface area contributed by atoms with Crippen LogP contribution >= 0.6 is 0 Å². The summed E-state index contributed by atoms with van der Waals surface area (Å²) in [7, 11) is 0. The van der Waals surface area contributed by atoms with Crippen LogP contribution in [0.15, 0.2) is 24.3 Å². The molecule has 0 bridgehead atoms. The Labute approximate surface area is 98.8 Å². The fourth-order valence-corrected chi connectivity index (χ4v) is 1.84. The van der Waals surface area contributed by atoms with E-state index in [-0.39, 0.29) is 5.60 Å². The molecular weight excluding hydrogens is 198 g/mol. The predicted octanol–water partition coefficient (Wildman–Crippen LogP) is 3.03. The van der Waals surface area contributed by atoms with Crippen molar-refractivity contribution in [1.29, 1.82) is 0 Å². The fourth-order valence-electron chi connectivity index (χ4n) is 1.84. The molecule has 0 aliphatic carbocycles. The second kappa shape index (κ2) is 6.02. The third-order valence-electron chi connectivity index (χ3n) is 3.29. The van der Waals surface area contributed by atoms with Gasteiger partial charge in [0.15, 0.2) is 0 Å². The minimum absolute atomic E-state index is 0.149. The Morgan fingerprint density at radius 1 is 1.25 bits per heavy atom. The highest BCUT2D eigenvalue weighted by atomic mass is 16.5. The second-order valence-electron chi connectivity index (χ2n) is 4.37. The van der Waals surface area contributed by atoms with Crippen molar-refractivity contribution in [2.45, 2.75) is 45.8 Å². The SMILES string of the molecule is CCC(CC)(CN)OCc1cccc(C)c1. The predicted molar refractivity (Wildman–Crippen MR) is 68.3 cm³/mol. The maximum absolute atomic E-state index is 5.99. The summed E-state index contributed by atoms with van der Waals surface area (Å²) in [6, 6.07) is 8.42. The molecule has 0 unspecified atom stereocenters. The van der Waals surface area contributed by atoms with Crippen LogP contribution in [0.5, 0.6) is 0 Å². The molecule has 0 saturated heterocycles. The molecule has 0 saturated carbocycles. The molecule has 0 atom stereocenters. The first kappa shape index (κ1) is 13.2. The van der Waals surface area contributed by atoms with Gasteiger partial charge in [0, 0.05) is 6.54 Å². The van der Waals surface area contributed by atoms with Gasteiger partial charge in [-0.1, -0.05) is 43.7 Å². The van der Waals surface area contributed by atoms with Crippen LogP contribution in [-0.4, -0.2) is 12.1 Å². The number of aryl methyl sites for hydroxylation is 1. The number of rotatable bonds is 6. The third kappa shape index (κ3) is 3.32. The molecule has 0 aliphatic heterocycles. The smallest absolute Gasteiger partial charge is 0.0803 e. The monoisotopic (exact) mass is 221 g/mol. The standard InChI is InChI=1S/C14H23NO/c1-4-14(5-2,11-15)16-10-13-8-6-7-12(3)9-13/h6-9H,4-5,10-11,15H2,1-3H3. The highest BCUT2D eigenvalue weighted by Crippen LogP contribution is 2.21. The zero-order valence-electron chi connectivity index (χ0n) is 10.6. The van der Waals surface area contributed by atoms with Gasteiger partial charge in [-0.15, -0.1) is 0 Å². The highest BCUT2D eigenvalue weighted by Gasteiger charge is 2.24. The summed E-state index contributed by atoms with van der Waals surface area (Å²) >= 11 is 0. The van der Waals surface area contributed by atoms with Crippen molar-refractivity contribution in [3.63, 3.8) is 0 Å². The quantitative estimate of drug-likeness (QED) is 0.801. The summed E-state index contributed by atoms with van der Waals surface area (Å²) in [6.45, 7) is 7.60. The third-order valence-corrected chi connectivity index (χ3v) is 3.29. The zero-order chi connectivity index (χ0) is 12.0. The number of benzene rings is 1. The Balaban J connectivity index is 2.62. The molecule has 0 spiro atoms. The summed E-state index contributed by atoms with van der Waals surface area (Å²) in [5, 5.41) is 0. The number of ether oxygens (including phenoxy) is 1. The van der Waals surface area contributed by atoms with Crippen LogP contribution < -0.4 is 5.73 Å². The van der Waals surface area contributed by atoms with E-state index < -0.39 is 0 Å². The largest absolute Gasteiger partial charge is 0.369 e. The van der Waals surface area contributed by atoms with E-state index in [0.717, 1.165) is 12.8 Å². The van der Waals surface area contributed by atoms with Gasteiger partial charge in [-0.3, -0.25) is 0 Å². The molecule has 0 fully saturated rings. The van der Waals surface area contributed by atoms with Crippen LogP contribution in [0.25, 0.3) is 0 Å². The van der Waals surface area contributed by atoms with Crippen LogP contribution in [0.2, 0.25) is 0 Å². The molecule has 0 aliphatic rings. The molecular formula is C14H23NO. The molecule has 0 radical (unpaired) electrons. The van der Waals surface area contributed by atoms with Gasteiger partial charge in [-0.05, 0) is 25.3 Å². The Morgan fingerprint density at radius 2 is 1.94 bits per heavy atom. The van der Waals surface area contributed by atoms with Crippen molar-refractivity contribution in [3.8, 4) is 0 Å². The van der Waals surface area contributed by atoms with Crippen molar-refractivity contribution in [2.75, 3.05) is 6.54 Å². The molecule has 1 aromatic carbocycles. The Kier molecular flexibility index (Phi) is 4.97. The molecule has 90 valence electrons. The van der Waals surface area contributed by atoms with E-state index in [9.17, 15) is 0 Å². The van der Waals surface area contributed by atoms with Gasteiger partial charge in [0.25, 0.3) is 0 Å². The fraction of sp³-hybridized carbons (Fsp3) is 0.571. The highest BCUT2D eigenvalue weighted by molar-refractivity contribution is 5.21. The van der Waals surface area contributed by atoms with Crippen LogP contribution in [0.3, 0.4) is 0 Å². The van der Waals surface area contributed by atoms with Crippen LogP contribution in [0.1, 0.15) is 37.8 Å². The van der Waals surface area contributed by atoms with E-state index in [2.05, 4.69) is 45.0 Å². The van der Waals surface area contributed by atoms with Gasteiger partial charge in [0.2, 0.25) is 0 Å². The first-order chi connectivity index (χ1) is 7.65. The van der Waals surface area contributed by atoms with Gasteiger partial charge < -0.3 is 10.5 Å². The van der Waals surface area contributed by atoms with Gasteiger partial charge in [0.05, 0.1) is 12.2 Å². The lowest BCUT2D eigenvalue weighted by Crippen LogP contribution is -2.39. The lowest BCUT2D eigenvalue weighted by Gasteiger charge is -2.30. The maximum Gasteiger partial charge on any atom is 0.0803 e. The lowest BCUT2D eigenvalue weighted by molar-refractivity contribution is -0.0553. The number of hydrogen-bond donors (Lipinski definition) is 1. The van der Waals surface area contributed by atoms with E-state index in [1.54, 1.807) is 0 Å². The molecule has 2 heteroatoms. The minimum Gasteiger partial charge on any atom is -0.369 e. The average molecular weight is 221 g/mol. The number of hydrogen-bond acceptors (Lipinski definition) is 2. The molecule has 0 heterocycles. The molecule has 1 aromatic rings. The van der Waals surface area contributed by atoms with Crippen LogP contribution in [0, 0.1) is 6.92 Å². The van der Waals surface area contributed by atoms with Crippen molar-refractivity contribution in [3.05, 3.63) is 35.4 Å². The Hall–Kier alpha value is -0.860. The molecule has 16 heavy (non-hydrogen) atoms. The van der Waals surface area contributed by atoms with Crippen molar-refractivity contribution >= 4 is 0 Å². The molecule has 0 amide bonds. The van der Waals surface area contributed by atoms with Gasteiger partial charge in [-0.25, -0.2) is 0 Å². The van der Waals surface area contributed by atoms with Gasteiger partial charge in [-0.2, -0.15) is 0 Å². The summed E-state index contributed by atoms with van der Waals surface area (Å²) in [5.74, 6) is 0. The topological polar surface area (TPSA) is 35.2 Å². The molecule has 2 nitrogen and oxygen atoms in total. The van der Waals surface area contributed by atoms with E-state index in [1.165, 1.54) is 11.1 Å². The summed E-state index contributed by atoms with van der Waals surface area (Å²) in [4.78, 5) is 0. The Bertz CT molecular complexity index is 310. The molecule has 2 N–H and O–H groups in total. The molecule has 0 aromatic heterocycles. The first-order valence-corrected chi connectivity index (χ1v) is 6.05. The van der Waals surface area contributed by atoms with Gasteiger partial charge in [0.1, 0.15) is 0 Å². The summed E-state index contributed by atoms with van der Waals surface area (Å²) < 4.78 is 5.99. The minimum atomic E-state index is -0.149. The zero-order valence-corrected chi connectivity index (χ0v) is 10.6. The summed E-state index contributed by atoms with van der Waals surface area (Å²) in [5.41, 5.74) is 8.14. The van der Waals surface area contributed by atoms with E-state index in [4.69, 9.17) is 10.5 Å². The maximum atomic E-state index is 5.99. The average Bonchev–Trinajstić information content (AvgIpc) is 2.32. The van der Waals surface area contributed by atoms with E-state index in [0.29, 0.717) is 13.2 Å². The van der Waals surface area contributed by atoms with E-state index in [1.807, 2.05) is 0 Å². The van der Waals surface area contributed by atoms with Crippen LogP contribution in [-0.2, 0) is 11.3 Å².